The highest BCUT2D eigenvalue weighted by Gasteiger charge is 2.46. The third kappa shape index (κ3) is 3.30. The summed E-state index contributed by atoms with van der Waals surface area (Å²) in [6, 6.07) is 8.29. The summed E-state index contributed by atoms with van der Waals surface area (Å²) < 4.78 is 6.47. The van der Waals surface area contributed by atoms with Crippen molar-refractivity contribution < 1.29 is 9.53 Å². The molecule has 1 aliphatic carbocycles. The van der Waals surface area contributed by atoms with Crippen LogP contribution in [0.15, 0.2) is 28.7 Å². The number of amides is 1. The van der Waals surface area contributed by atoms with Gasteiger partial charge in [0, 0.05) is 30.0 Å². The number of carbonyl (C=O) groups is 1. The number of likely N-dealkylation sites (N-methyl/N-ethyl adjacent to an activating group) is 1. The molecule has 0 spiro atoms. The first kappa shape index (κ1) is 15.0. The Morgan fingerprint density at radius 2 is 2.14 bits per heavy atom. The maximum absolute atomic E-state index is 12.5. The second-order valence-corrected chi connectivity index (χ2v) is 6.98. The van der Waals surface area contributed by atoms with Crippen LogP contribution in [0.25, 0.3) is 0 Å². The number of carbonyl (C=O) groups excluding carboxylic acids is 1. The van der Waals surface area contributed by atoms with E-state index >= 15 is 0 Å². The summed E-state index contributed by atoms with van der Waals surface area (Å²) in [6.07, 6.45) is 2.31. The zero-order valence-corrected chi connectivity index (χ0v) is 13.9. The van der Waals surface area contributed by atoms with Gasteiger partial charge in [0.1, 0.15) is 6.04 Å². The number of nitrogens with zero attached hydrogens (tertiary/aromatic N) is 1. The second-order valence-electron chi connectivity index (χ2n) is 6.06. The molecule has 1 aromatic carbocycles. The average Bonchev–Trinajstić information content (AvgIpc) is 3.28. The van der Waals surface area contributed by atoms with E-state index in [1.54, 1.807) is 0 Å². The molecule has 2 fully saturated rings. The first-order valence-electron chi connectivity index (χ1n) is 7.43. The van der Waals surface area contributed by atoms with Gasteiger partial charge in [0.05, 0.1) is 13.2 Å². The third-order valence-corrected chi connectivity index (χ3v) is 4.97. The third-order valence-electron chi connectivity index (χ3n) is 4.45. The van der Waals surface area contributed by atoms with E-state index in [0.29, 0.717) is 13.2 Å². The maximum Gasteiger partial charge on any atom is 0.241 e. The molecule has 0 radical (unpaired) electrons. The molecule has 1 heterocycles. The highest BCUT2D eigenvalue weighted by molar-refractivity contribution is 9.10. The minimum atomic E-state index is -0.190. The normalized spacial score (nSPS) is 23.6. The van der Waals surface area contributed by atoms with Gasteiger partial charge in [-0.2, -0.15) is 0 Å². The Kier molecular flexibility index (Phi) is 4.33. The van der Waals surface area contributed by atoms with Gasteiger partial charge >= 0.3 is 0 Å². The molecule has 1 amide bonds. The van der Waals surface area contributed by atoms with E-state index in [9.17, 15) is 4.79 Å². The maximum atomic E-state index is 12.5. The van der Waals surface area contributed by atoms with Gasteiger partial charge in [-0.1, -0.05) is 28.1 Å². The van der Waals surface area contributed by atoms with Gasteiger partial charge in [-0.3, -0.25) is 4.79 Å². The Hall–Kier alpha value is -0.910. The van der Waals surface area contributed by atoms with Crippen molar-refractivity contribution in [3.8, 4) is 0 Å². The van der Waals surface area contributed by atoms with Crippen LogP contribution in [-0.2, 0) is 14.9 Å². The lowest BCUT2D eigenvalue weighted by molar-refractivity contribution is -0.135. The number of hydrogen-bond acceptors (Lipinski definition) is 3. The zero-order valence-electron chi connectivity index (χ0n) is 12.3. The average molecular weight is 353 g/mol. The Balaban J connectivity index is 1.65. The van der Waals surface area contributed by atoms with Gasteiger partial charge < -0.3 is 15.0 Å². The number of morpholine rings is 1. The molecule has 21 heavy (non-hydrogen) atoms. The molecular weight excluding hydrogens is 332 g/mol. The van der Waals surface area contributed by atoms with Crippen molar-refractivity contribution in [3.63, 3.8) is 0 Å². The Morgan fingerprint density at radius 1 is 1.43 bits per heavy atom. The summed E-state index contributed by atoms with van der Waals surface area (Å²) in [4.78, 5) is 14.3. The molecule has 1 N–H and O–H groups in total. The Labute approximate surface area is 134 Å². The largest absolute Gasteiger partial charge is 0.378 e. The minimum Gasteiger partial charge on any atom is -0.378 e. The van der Waals surface area contributed by atoms with E-state index in [1.165, 1.54) is 5.56 Å². The van der Waals surface area contributed by atoms with Crippen molar-refractivity contribution in [2.24, 2.45) is 0 Å². The minimum absolute atomic E-state index is 0.137. The van der Waals surface area contributed by atoms with Crippen LogP contribution in [0.5, 0.6) is 0 Å². The van der Waals surface area contributed by atoms with Crippen LogP contribution in [0.4, 0.5) is 0 Å². The summed E-state index contributed by atoms with van der Waals surface area (Å²) in [6.45, 7) is 2.71. The van der Waals surface area contributed by atoms with Crippen molar-refractivity contribution in [1.82, 2.24) is 10.2 Å². The standard InChI is InChI=1S/C16H21BrN2O2/c1-19(15(20)14-10-21-9-8-18-14)11-16(6-7-16)12-2-4-13(17)5-3-12/h2-5,14,18H,6-11H2,1H3. The molecular formula is C16H21BrN2O2. The van der Waals surface area contributed by atoms with E-state index in [1.807, 2.05) is 11.9 Å². The predicted molar refractivity (Wildman–Crippen MR) is 85.3 cm³/mol. The molecule has 4 nitrogen and oxygen atoms in total. The van der Waals surface area contributed by atoms with Crippen molar-refractivity contribution >= 4 is 21.8 Å². The van der Waals surface area contributed by atoms with Gasteiger partial charge in [-0.25, -0.2) is 0 Å². The fourth-order valence-electron chi connectivity index (χ4n) is 3.01. The molecule has 1 saturated heterocycles. The highest BCUT2D eigenvalue weighted by Crippen LogP contribution is 2.48. The fraction of sp³-hybridized carbons (Fsp3) is 0.562. The monoisotopic (exact) mass is 352 g/mol. The Bertz CT molecular complexity index is 508. The van der Waals surface area contributed by atoms with Crippen LogP contribution in [0.3, 0.4) is 0 Å². The zero-order chi connectivity index (χ0) is 14.9. The highest BCUT2D eigenvalue weighted by atomic mass is 79.9. The molecule has 1 aromatic rings. The molecule has 1 atom stereocenters. The summed E-state index contributed by atoms with van der Waals surface area (Å²) in [7, 11) is 1.90. The lowest BCUT2D eigenvalue weighted by Crippen LogP contribution is -2.52. The van der Waals surface area contributed by atoms with E-state index in [0.717, 1.165) is 30.4 Å². The van der Waals surface area contributed by atoms with Gasteiger partial charge in [0.15, 0.2) is 0 Å². The van der Waals surface area contributed by atoms with Gasteiger partial charge in [-0.15, -0.1) is 0 Å². The Morgan fingerprint density at radius 3 is 2.71 bits per heavy atom. The number of hydrogen-bond donors (Lipinski definition) is 1. The first-order chi connectivity index (χ1) is 10.1. The van der Waals surface area contributed by atoms with Gasteiger partial charge in [0.25, 0.3) is 0 Å². The molecule has 2 aliphatic rings. The van der Waals surface area contributed by atoms with E-state index < -0.39 is 0 Å². The van der Waals surface area contributed by atoms with Crippen LogP contribution in [0, 0.1) is 0 Å². The lowest BCUT2D eigenvalue weighted by Gasteiger charge is -2.30. The first-order valence-corrected chi connectivity index (χ1v) is 8.22. The number of halogens is 1. The van der Waals surface area contributed by atoms with E-state index in [2.05, 4.69) is 45.5 Å². The van der Waals surface area contributed by atoms with Crippen molar-refractivity contribution in [3.05, 3.63) is 34.3 Å². The van der Waals surface area contributed by atoms with Crippen LogP contribution in [0.1, 0.15) is 18.4 Å². The smallest absolute Gasteiger partial charge is 0.241 e. The summed E-state index contributed by atoms with van der Waals surface area (Å²) in [5.41, 5.74) is 1.49. The molecule has 0 aromatic heterocycles. The molecule has 1 aliphatic heterocycles. The lowest BCUT2D eigenvalue weighted by atomic mass is 9.95. The van der Waals surface area contributed by atoms with Gasteiger partial charge in [-0.05, 0) is 30.5 Å². The molecule has 1 unspecified atom stereocenters. The molecule has 114 valence electrons. The summed E-state index contributed by atoms with van der Waals surface area (Å²) in [5.74, 6) is 0.137. The predicted octanol–water partition coefficient (Wildman–Crippen LogP) is 1.93. The van der Waals surface area contributed by atoms with Crippen LogP contribution >= 0.6 is 15.9 Å². The van der Waals surface area contributed by atoms with E-state index in [4.69, 9.17) is 4.74 Å². The van der Waals surface area contributed by atoms with E-state index in [-0.39, 0.29) is 17.4 Å². The SMILES string of the molecule is CN(CC1(c2ccc(Br)cc2)CC1)C(=O)C1COCCN1. The quantitative estimate of drug-likeness (QED) is 0.900. The van der Waals surface area contributed by atoms with Crippen LogP contribution in [-0.4, -0.2) is 50.2 Å². The topological polar surface area (TPSA) is 41.6 Å². The number of benzene rings is 1. The fourth-order valence-corrected chi connectivity index (χ4v) is 3.28. The molecule has 5 heteroatoms. The number of ether oxygens (including phenoxy) is 1. The van der Waals surface area contributed by atoms with Crippen molar-refractivity contribution in [1.29, 1.82) is 0 Å². The molecule has 1 saturated carbocycles. The second kappa shape index (κ2) is 6.07. The summed E-state index contributed by atoms with van der Waals surface area (Å²) in [5, 5.41) is 3.23. The number of nitrogens with one attached hydrogen (secondary N) is 1. The van der Waals surface area contributed by atoms with Crippen LogP contribution in [0.2, 0.25) is 0 Å². The van der Waals surface area contributed by atoms with Crippen molar-refractivity contribution in [2.45, 2.75) is 24.3 Å². The van der Waals surface area contributed by atoms with Gasteiger partial charge in [0.2, 0.25) is 5.91 Å². The molecule has 3 rings (SSSR count). The summed E-state index contributed by atoms with van der Waals surface area (Å²) >= 11 is 3.47. The van der Waals surface area contributed by atoms with Crippen molar-refractivity contribution in [2.75, 3.05) is 33.4 Å². The molecule has 0 bridgehead atoms. The number of rotatable bonds is 4. The van der Waals surface area contributed by atoms with Crippen LogP contribution < -0.4 is 5.32 Å².